The molecule has 0 spiro atoms. The van der Waals surface area contributed by atoms with Gasteiger partial charge < -0.3 is 13.7 Å². The van der Waals surface area contributed by atoms with Gasteiger partial charge in [0.1, 0.15) is 5.65 Å². The molecule has 0 amide bonds. The van der Waals surface area contributed by atoms with Gasteiger partial charge in [-0.15, -0.1) is 18.2 Å². The summed E-state index contributed by atoms with van der Waals surface area (Å²) in [5.41, 5.74) is 11.1. The molecule has 0 unspecified atom stereocenters. The van der Waals surface area contributed by atoms with Gasteiger partial charge >= 0.3 is 21.1 Å². The van der Waals surface area contributed by atoms with E-state index in [1.165, 1.54) is 16.7 Å². The molecule has 0 saturated carbocycles. The van der Waals surface area contributed by atoms with Crippen molar-refractivity contribution in [2.24, 2.45) is 0 Å². The molecule has 5 aromatic heterocycles. The van der Waals surface area contributed by atoms with E-state index in [4.69, 9.17) is 19.8 Å². The van der Waals surface area contributed by atoms with Gasteiger partial charge in [-0.05, 0) is 78.7 Å². The van der Waals surface area contributed by atoms with Gasteiger partial charge in [0.15, 0.2) is 0 Å². The Bertz CT molecular complexity index is 2970. The molecule has 10 rings (SSSR count). The number of rotatable bonds is 5. The van der Waals surface area contributed by atoms with Crippen LogP contribution in [0.3, 0.4) is 0 Å². The molecule has 7 nitrogen and oxygen atoms in total. The summed E-state index contributed by atoms with van der Waals surface area (Å²) in [6.07, 6.45) is 7.56. The average Bonchev–Trinajstić information content (AvgIpc) is 3.91. The summed E-state index contributed by atoms with van der Waals surface area (Å²) in [4.78, 5) is 9.61. The number of ether oxygens (including phenoxy) is 1. The van der Waals surface area contributed by atoms with Crippen molar-refractivity contribution in [3.05, 3.63) is 157 Å². The Labute approximate surface area is 314 Å². The van der Waals surface area contributed by atoms with Crippen molar-refractivity contribution in [3.63, 3.8) is 0 Å². The van der Waals surface area contributed by atoms with Crippen LogP contribution in [0.25, 0.3) is 71.9 Å². The maximum atomic E-state index is 6.91. The number of benzene rings is 5. The van der Waals surface area contributed by atoms with Gasteiger partial charge in [-0.3, -0.25) is 9.67 Å². The SMILES string of the molecule is Cc1cc(C)c(-c2ccn(-c3[c-]c(Oc4[c-]c5c(c6cccnc6n6ccnc56)c5c6ccccc6n(-c6ccccc6)c45)ccc3)n2)c(C)c1.[Pt+2]. The van der Waals surface area contributed by atoms with Crippen LogP contribution in [0.2, 0.25) is 0 Å². The minimum Gasteiger partial charge on any atom is -0.501 e. The number of para-hydroxylation sites is 2. The molecule has 252 valence electrons. The molecule has 0 radical (unpaired) electrons. The standard InChI is InChI=1S/C44H30N6O.Pt/c1-27-23-28(2)39(29(3)24-27)36-18-21-49(47-36)31-13-9-14-32(25-31)51-38-26-35-40(34-16-10-19-45-43(34)48-22-20-46-44(35)48)41-33-15-7-8-17-37(33)50(42(38)41)30-11-5-4-6-12-30;/h4-24H,1-3H3;/q-2;+2. The summed E-state index contributed by atoms with van der Waals surface area (Å²) in [6, 6.07) is 42.6. The predicted molar refractivity (Wildman–Crippen MR) is 203 cm³/mol. The van der Waals surface area contributed by atoms with Gasteiger partial charge in [-0.1, -0.05) is 82.4 Å². The first-order valence-electron chi connectivity index (χ1n) is 17.0. The van der Waals surface area contributed by atoms with Crippen LogP contribution in [0, 0.1) is 32.9 Å². The molecule has 10 aromatic rings. The minimum atomic E-state index is 0. The quantitative estimate of drug-likeness (QED) is 0.128. The predicted octanol–water partition coefficient (Wildman–Crippen LogP) is 10.3. The number of nitrogens with zero attached hydrogens (tertiary/aromatic N) is 6. The largest absolute Gasteiger partial charge is 2.00 e. The van der Waals surface area contributed by atoms with E-state index in [0.29, 0.717) is 11.5 Å². The molecule has 0 aliphatic carbocycles. The van der Waals surface area contributed by atoms with E-state index < -0.39 is 0 Å². The third-order valence-corrected chi connectivity index (χ3v) is 9.73. The smallest absolute Gasteiger partial charge is 0.501 e. The van der Waals surface area contributed by atoms with Crippen LogP contribution < -0.4 is 4.74 Å². The molecular formula is C44H30N6OPt. The first kappa shape index (κ1) is 31.9. The van der Waals surface area contributed by atoms with Crippen LogP contribution in [0.1, 0.15) is 16.7 Å². The molecule has 0 fully saturated rings. The van der Waals surface area contributed by atoms with E-state index in [-0.39, 0.29) is 21.1 Å². The van der Waals surface area contributed by atoms with E-state index in [2.05, 4.69) is 110 Å². The molecule has 52 heavy (non-hydrogen) atoms. The van der Waals surface area contributed by atoms with Gasteiger partial charge in [0, 0.05) is 52.8 Å². The molecule has 0 bridgehead atoms. The molecule has 0 aliphatic heterocycles. The molecule has 0 atom stereocenters. The zero-order chi connectivity index (χ0) is 34.2. The fraction of sp³-hybridized carbons (Fsp3) is 0.0682. The van der Waals surface area contributed by atoms with Crippen molar-refractivity contribution in [3.8, 4) is 34.1 Å². The number of aryl methyl sites for hydroxylation is 3. The summed E-state index contributed by atoms with van der Waals surface area (Å²) in [6.45, 7) is 6.40. The number of fused-ring (bicyclic) bond motifs is 10. The van der Waals surface area contributed by atoms with Crippen LogP contribution in [-0.4, -0.2) is 28.7 Å². The number of hydrogen-bond acceptors (Lipinski definition) is 4. The Morgan fingerprint density at radius 2 is 1.44 bits per heavy atom. The van der Waals surface area contributed by atoms with E-state index in [1.54, 1.807) is 0 Å². The first-order chi connectivity index (χ1) is 25.0. The van der Waals surface area contributed by atoms with Crippen molar-refractivity contribution < 1.29 is 25.8 Å². The zero-order valence-corrected chi connectivity index (χ0v) is 30.8. The summed E-state index contributed by atoms with van der Waals surface area (Å²) >= 11 is 0. The Morgan fingerprint density at radius 1 is 0.673 bits per heavy atom. The molecule has 0 N–H and O–H groups in total. The van der Waals surface area contributed by atoms with Gasteiger partial charge in [0.2, 0.25) is 0 Å². The molecule has 5 heterocycles. The molecule has 8 heteroatoms. The normalized spacial score (nSPS) is 11.6. The van der Waals surface area contributed by atoms with Crippen LogP contribution in [0.15, 0.2) is 128 Å². The third kappa shape index (κ3) is 4.88. The van der Waals surface area contributed by atoms with Crippen LogP contribution in [-0.2, 0) is 21.1 Å². The van der Waals surface area contributed by atoms with Crippen molar-refractivity contribution in [2.75, 3.05) is 0 Å². The van der Waals surface area contributed by atoms with Gasteiger partial charge in [-0.2, -0.15) is 11.2 Å². The van der Waals surface area contributed by atoms with Crippen molar-refractivity contribution in [1.82, 2.24) is 28.7 Å². The summed E-state index contributed by atoms with van der Waals surface area (Å²) in [7, 11) is 0. The topological polar surface area (TPSA) is 62.2 Å². The number of aromatic nitrogens is 6. The molecular weight excluding hydrogens is 824 g/mol. The van der Waals surface area contributed by atoms with E-state index in [0.717, 1.165) is 71.9 Å². The second-order valence-electron chi connectivity index (χ2n) is 13.0. The Hall–Kier alpha value is -6.04. The molecule has 5 aromatic carbocycles. The van der Waals surface area contributed by atoms with Crippen molar-refractivity contribution in [2.45, 2.75) is 20.8 Å². The maximum Gasteiger partial charge on any atom is 2.00 e. The molecule has 0 saturated heterocycles. The zero-order valence-electron chi connectivity index (χ0n) is 28.5. The minimum absolute atomic E-state index is 0. The monoisotopic (exact) mass is 853 g/mol. The van der Waals surface area contributed by atoms with Gasteiger partial charge in [-0.25, -0.2) is 4.98 Å². The van der Waals surface area contributed by atoms with Crippen molar-refractivity contribution >= 4 is 49.3 Å². The second-order valence-corrected chi connectivity index (χ2v) is 13.0. The maximum absolute atomic E-state index is 6.91. The fourth-order valence-electron chi connectivity index (χ4n) is 7.78. The Morgan fingerprint density at radius 3 is 2.29 bits per heavy atom. The van der Waals surface area contributed by atoms with Crippen molar-refractivity contribution in [1.29, 1.82) is 0 Å². The third-order valence-electron chi connectivity index (χ3n) is 9.73. The van der Waals surface area contributed by atoms with Crippen LogP contribution in [0.5, 0.6) is 11.5 Å². The Balaban J connectivity index is 0.00000360. The van der Waals surface area contributed by atoms with Gasteiger partial charge in [0.25, 0.3) is 0 Å². The summed E-state index contributed by atoms with van der Waals surface area (Å²) in [5, 5.41) is 10.0. The average molecular weight is 854 g/mol. The van der Waals surface area contributed by atoms with E-state index in [9.17, 15) is 0 Å². The summed E-state index contributed by atoms with van der Waals surface area (Å²) < 4.78 is 13.1. The number of hydrogen-bond donors (Lipinski definition) is 0. The number of imidazole rings is 1. The van der Waals surface area contributed by atoms with Gasteiger partial charge in [0.05, 0.1) is 17.1 Å². The summed E-state index contributed by atoms with van der Waals surface area (Å²) in [5.74, 6) is 1.13. The second kappa shape index (κ2) is 12.3. The fourth-order valence-corrected chi connectivity index (χ4v) is 7.78. The van der Waals surface area contributed by atoms with Crippen LogP contribution in [0.4, 0.5) is 0 Å². The first-order valence-corrected chi connectivity index (χ1v) is 17.0. The number of pyridine rings is 2. The van der Waals surface area contributed by atoms with E-state index >= 15 is 0 Å². The molecule has 0 aliphatic rings. The van der Waals surface area contributed by atoms with E-state index in [1.807, 2.05) is 64.2 Å². The van der Waals surface area contributed by atoms with Crippen LogP contribution >= 0.6 is 0 Å². The Kier molecular flexibility index (Phi) is 7.56.